The molecule has 1 atom stereocenters. The van der Waals surface area contributed by atoms with Crippen LogP contribution in [0.5, 0.6) is 0 Å². The van der Waals surface area contributed by atoms with Gasteiger partial charge in [0.2, 0.25) is 0 Å². The zero-order valence-corrected chi connectivity index (χ0v) is 9.49. The van der Waals surface area contributed by atoms with Crippen molar-refractivity contribution >= 4 is 10.8 Å². The van der Waals surface area contributed by atoms with Crippen molar-refractivity contribution in [2.45, 2.75) is 32.6 Å². The van der Waals surface area contributed by atoms with Crippen molar-refractivity contribution in [3.63, 3.8) is 0 Å². The topological polar surface area (TPSA) is 17.1 Å². The molecule has 13 heavy (non-hydrogen) atoms. The summed E-state index contributed by atoms with van der Waals surface area (Å²) in [6.45, 7) is 8.18. The molecule has 1 aromatic carbocycles. The van der Waals surface area contributed by atoms with Gasteiger partial charge in [-0.3, -0.25) is 4.21 Å². The molecule has 72 valence electrons. The quantitative estimate of drug-likeness (QED) is 0.711. The summed E-state index contributed by atoms with van der Waals surface area (Å²) < 4.78 is 11.5. The average Bonchev–Trinajstić information content (AvgIpc) is 2.12. The van der Waals surface area contributed by atoms with Crippen LogP contribution in [-0.4, -0.2) is 9.96 Å². The monoisotopic (exact) mass is 196 g/mol. The smallest absolute Gasteiger partial charge is 0.0526 e. The molecule has 0 aliphatic rings. The largest absolute Gasteiger partial charge is 0.254 e. The molecule has 0 saturated heterocycles. The van der Waals surface area contributed by atoms with Crippen LogP contribution < -0.4 is 0 Å². The summed E-state index contributed by atoms with van der Waals surface area (Å²) in [7, 11) is -0.819. The molecule has 0 aliphatic heterocycles. The van der Waals surface area contributed by atoms with Crippen LogP contribution in [0.25, 0.3) is 0 Å². The van der Waals surface area contributed by atoms with Crippen molar-refractivity contribution in [1.29, 1.82) is 0 Å². The van der Waals surface area contributed by atoms with Crippen LogP contribution in [0.1, 0.15) is 23.6 Å². The minimum Gasteiger partial charge on any atom is -0.254 e. The Labute approximate surface area is 82.6 Å². The van der Waals surface area contributed by atoms with Gasteiger partial charge in [-0.2, -0.15) is 0 Å². The summed E-state index contributed by atoms with van der Waals surface area (Å²) in [5, 5.41) is 0. The highest BCUT2D eigenvalue weighted by atomic mass is 32.2. The standard InChI is InChI=1S/C11H16OS/c1-5-13(12)11-6-8(2)10(4)9(3)7-11/h6-7H,5H2,1-4H3. The summed E-state index contributed by atoms with van der Waals surface area (Å²) in [6, 6.07) is 4.06. The Morgan fingerprint density at radius 1 is 1.15 bits per heavy atom. The Bertz CT molecular complexity index is 319. The molecule has 0 bridgehead atoms. The lowest BCUT2D eigenvalue weighted by atomic mass is 10.1. The fourth-order valence-electron chi connectivity index (χ4n) is 1.29. The first-order chi connectivity index (χ1) is 6.06. The third-order valence-electron chi connectivity index (χ3n) is 2.43. The minimum atomic E-state index is -0.819. The molecule has 0 saturated carbocycles. The number of aryl methyl sites for hydroxylation is 2. The molecule has 0 heterocycles. The minimum absolute atomic E-state index is 0.696. The van der Waals surface area contributed by atoms with Gasteiger partial charge in [0.25, 0.3) is 0 Å². The molecule has 1 nitrogen and oxygen atoms in total. The number of rotatable bonds is 2. The first kappa shape index (κ1) is 10.5. The van der Waals surface area contributed by atoms with Gasteiger partial charge in [-0.1, -0.05) is 6.92 Å². The van der Waals surface area contributed by atoms with Gasteiger partial charge in [-0.05, 0) is 49.6 Å². The molecule has 2 heteroatoms. The van der Waals surface area contributed by atoms with Crippen LogP contribution in [0.2, 0.25) is 0 Å². The molecule has 0 aromatic heterocycles. The lowest BCUT2D eigenvalue weighted by molar-refractivity contribution is 0.683. The molecule has 0 fully saturated rings. The Balaban J connectivity index is 3.20. The second-order valence-corrected chi connectivity index (χ2v) is 5.06. The molecular weight excluding hydrogens is 180 g/mol. The number of hydrogen-bond donors (Lipinski definition) is 0. The van der Waals surface area contributed by atoms with E-state index in [1.807, 2.05) is 19.1 Å². The van der Waals surface area contributed by atoms with Crippen molar-refractivity contribution in [3.05, 3.63) is 28.8 Å². The molecule has 0 aliphatic carbocycles. The van der Waals surface area contributed by atoms with E-state index in [2.05, 4.69) is 20.8 Å². The van der Waals surface area contributed by atoms with Crippen LogP contribution in [-0.2, 0) is 10.8 Å². The van der Waals surface area contributed by atoms with Crippen molar-refractivity contribution in [3.8, 4) is 0 Å². The summed E-state index contributed by atoms with van der Waals surface area (Å²) in [4.78, 5) is 0.961. The van der Waals surface area contributed by atoms with E-state index in [9.17, 15) is 4.21 Å². The second-order valence-electron chi connectivity index (χ2n) is 3.32. The summed E-state index contributed by atoms with van der Waals surface area (Å²) in [5.74, 6) is 0.696. The van der Waals surface area contributed by atoms with Crippen molar-refractivity contribution in [2.24, 2.45) is 0 Å². The second kappa shape index (κ2) is 4.05. The van der Waals surface area contributed by atoms with Crippen LogP contribution in [0, 0.1) is 20.8 Å². The van der Waals surface area contributed by atoms with Gasteiger partial charge in [0.15, 0.2) is 0 Å². The average molecular weight is 196 g/mol. The normalized spacial score (nSPS) is 12.9. The summed E-state index contributed by atoms with van der Waals surface area (Å²) >= 11 is 0. The van der Waals surface area contributed by atoms with Crippen molar-refractivity contribution in [1.82, 2.24) is 0 Å². The molecule has 1 unspecified atom stereocenters. The maximum Gasteiger partial charge on any atom is 0.0526 e. The van der Waals surface area contributed by atoms with Gasteiger partial charge in [0, 0.05) is 10.6 Å². The van der Waals surface area contributed by atoms with Gasteiger partial charge >= 0.3 is 0 Å². The van der Waals surface area contributed by atoms with E-state index in [-0.39, 0.29) is 0 Å². The summed E-state index contributed by atoms with van der Waals surface area (Å²) in [6.07, 6.45) is 0. The molecule has 0 spiro atoms. The zero-order chi connectivity index (χ0) is 10.0. The lowest BCUT2D eigenvalue weighted by Gasteiger charge is -2.07. The van der Waals surface area contributed by atoms with Crippen LogP contribution in [0.15, 0.2) is 17.0 Å². The van der Waals surface area contributed by atoms with Crippen molar-refractivity contribution in [2.75, 3.05) is 5.75 Å². The fourth-order valence-corrected chi connectivity index (χ4v) is 2.24. The van der Waals surface area contributed by atoms with E-state index in [1.54, 1.807) is 0 Å². The van der Waals surface area contributed by atoms with Crippen LogP contribution in [0.3, 0.4) is 0 Å². The molecule has 0 amide bonds. The maximum atomic E-state index is 11.5. The Hall–Kier alpha value is -0.630. The fraction of sp³-hybridized carbons (Fsp3) is 0.455. The third kappa shape index (κ3) is 2.19. The number of benzene rings is 1. The van der Waals surface area contributed by atoms with Crippen LogP contribution >= 0.6 is 0 Å². The highest BCUT2D eigenvalue weighted by Gasteiger charge is 2.04. The van der Waals surface area contributed by atoms with E-state index in [1.165, 1.54) is 16.7 Å². The van der Waals surface area contributed by atoms with E-state index in [0.717, 1.165) is 4.90 Å². The van der Waals surface area contributed by atoms with Gasteiger partial charge < -0.3 is 0 Å². The molecule has 1 rings (SSSR count). The highest BCUT2D eigenvalue weighted by Crippen LogP contribution is 2.17. The van der Waals surface area contributed by atoms with Gasteiger partial charge in [0.1, 0.15) is 0 Å². The SMILES string of the molecule is CCS(=O)c1cc(C)c(C)c(C)c1. The molecule has 0 radical (unpaired) electrons. The Kier molecular flexibility index (Phi) is 3.26. The lowest BCUT2D eigenvalue weighted by Crippen LogP contribution is -1.97. The van der Waals surface area contributed by atoms with E-state index >= 15 is 0 Å². The molecular formula is C11H16OS. The van der Waals surface area contributed by atoms with Crippen LogP contribution in [0.4, 0.5) is 0 Å². The third-order valence-corrected chi connectivity index (χ3v) is 3.71. The molecule has 0 N–H and O–H groups in total. The Morgan fingerprint density at radius 2 is 1.62 bits per heavy atom. The molecule has 1 aromatic rings. The van der Waals surface area contributed by atoms with Crippen molar-refractivity contribution < 1.29 is 4.21 Å². The zero-order valence-electron chi connectivity index (χ0n) is 8.68. The first-order valence-electron chi connectivity index (χ1n) is 4.52. The summed E-state index contributed by atoms with van der Waals surface area (Å²) in [5.41, 5.74) is 3.77. The van der Waals surface area contributed by atoms with E-state index < -0.39 is 10.8 Å². The predicted octanol–water partition coefficient (Wildman–Crippen LogP) is 2.74. The predicted molar refractivity (Wildman–Crippen MR) is 57.6 cm³/mol. The van der Waals surface area contributed by atoms with E-state index in [0.29, 0.717) is 5.75 Å². The first-order valence-corrected chi connectivity index (χ1v) is 5.84. The highest BCUT2D eigenvalue weighted by molar-refractivity contribution is 7.85. The van der Waals surface area contributed by atoms with E-state index in [4.69, 9.17) is 0 Å². The van der Waals surface area contributed by atoms with Gasteiger partial charge in [-0.25, -0.2) is 0 Å². The van der Waals surface area contributed by atoms with Gasteiger partial charge in [-0.15, -0.1) is 0 Å². The van der Waals surface area contributed by atoms with Gasteiger partial charge in [0.05, 0.1) is 10.8 Å². The Morgan fingerprint density at radius 3 is 2.00 bits per heavy atom. The maximum absolute atomic E-state index is 11.5. The number of hydrogen-bond acceptors (Lipinski definition) is 1.